The molecule has 2 fully saturated rings. The molecule has 0 atom stereocenters. The largest absolute Gasteiger partial charge is 0.249 e. The molecule has 0 spiro atoms. The molecule has 0 aromatic rings. The SMILES string of the molecule is CC1(S(=O)(=O)C2(CF)CC2)CC1. The molecule has 2 nitrogen and oxygen atoms in total. The van der Waals surface area contributed by atoms with Crippen molar-refractivity contribution in [1.29, 1.82) is 0 Å². The lowest BCUT2D eigenvalue weighted by Gasteiger charge is -2.17. The van der Waals surface area contributed by atoms with E-state index in [0.29, 0.717) is 12.8 Å². The molecule has 0 radical (unpaired) electrons. The van der Waals surface area contributed by atoms with Gasteiger partial charge >= 0.3 is 0 Å². The van der Waals surface area contributed by atoms with E-state index in [0.717, 1.165) is 12.8 Å². The van der Waals surface area contributed by atoms with Gasteiger partial charge in [-0.1, -0.05) is 0 Å². The lowest BCUT2D eigenvalue weighted by atomic mass is 10.5. The zero-order valence-electron chi connectivity index (χ0n) is 7.14. The van der Waals surface area contributed by atoms with Crippen LogP contribution in [-0.2, 0) is 9.84 Å². The summed E-state index contributed by atoms with van der Waals surface area (Å²) in [7, 11) is -3.18. The number of sulfone groups is 1. The summed E-state index contributed by atoms with van der Waals surface area (Å²) in [6.07, 6.45) is 2.50. The average Bonchev–Trinajstić information content (AvgIpc) is 2.81. The van der Waals surface area contributed by atoms with Crippen molar-refractivity contribution in [2.45, 2.75) is 42.1 Å². The molecule has 4 heteroatoms. The zero-order valence-corrected chi connectivity index (χ0v) is 7.95. The Hall–Kier alpha value is -0.120. The van der Waals surface area contributed by atoms with E-state index >= 15 is 0 Å². The van der Waals surface area contributed by atoms with Gasteiger partial charge in [0.15, 0.2) is 9.84 Å². The number of halogens is 1. The van der Waals surface area contributed by atoms with Gasteiger partial charge in [-0.3, -0.25) is 0 Å². The summed E-state index contributed by atoms with van der Waals surface area (Å²) in [6, 6.07) is 0. The molecule has 2 aliphatic rings. The molecule has 0 aliphatic heterocycles. The van der Waals surface area contributed by atoms with E-state index in [2.05, 4.69) is 0 Å². The topological polar surface area (TPSA) is 34.1 Å². The monoisotopic (exact) mass is 192 g/mol. The van der Waals surface area contributed by atoms with Crippen LogP contribution < -0.4 is 0 Å². The third kappa shape index (κ3) is 0.817. The second-order valence-electron chi connectivity index (χ2n) is 4.27. The smallest absolute Gasteiger partial charge is 0.163 e. The Morgan fingerprint density at radius 1 is 1.25 bits per heavy atom. The van der Waals surface area contributed by atoms with Crippen LogP contribution in [0.25, 0.3) is 0 Å². The molecule has 0 amide bonds. The first-order valence-corrected chi connectivity index (χ1v) is 5.76. The van der Waals surface area contributed by atoms with Gasteiger partial charge in [-0.25, -0.2) is 12.8 Å². The summed E-state index contributed by atoms with van der Waals surface area (Å²) in [6.45, 7) is 1.04. The first kappa shape index (κ1) is 8.48. The summed E-state index contributed by atoms with van der Waals surface area (Å²) in [5, 5.41) is 0. The summed E-state index contributed by atoms with van der Waals surface area (Å²) in [5.41, 5.74) is 0. The molecule has 0 heterocycles. The predicted octanol–water partition coefficient (Wildman–Crippen LogP) is 1.46. The minimum absolute atomic E-state index is 0.529. The molecule has 0 aromatic carbocycles. The van der Waals surface area contributed by atoms with Crippen molar-refractivity contribution in [3.05, 3.63) is 0 Å². The normalized spacial score (nSPS) is 29.8. The van der Waals surface area contributed by atoms with Gasteiger partial charge in [0, 0.05) is 0 Å². The molecular weight excluding hydrogens is 179 g/mol. The number of rotatable bonds is 3. The maximum absolute atomic E-state index is 12.5. The molecule has 70 valence electrons. The lowest BCUT2D eigenvalue weighted by Crippen LogP contribution is -2.35. The Kier molecular flexibility index (Phi) is 1.43. The average molecular weight is 192 g/mol. The molecule has 0 aromatic heterocycles. The van der Waals surface area contributed by atoms with E-state index in [1.165, 1.54) is 0 Å². The van der Waals surface area contributed by atoms with E-state index < -0.39 is 26.0 Å². The highest BCUT2D eigenvalue weighted by Crippen LogP contribution is 2.56. The Balaban J connectivity index is 2.33. The summed E-state index contributed by atoms with van der Waals surface area (Å²) in [4.78, 5) is 0. The number of hydrogen-bond acceptors (Lipinski definition) is 2. The Morgan fingerprint density at radius 3 is 2.00 bits per heavy atom. The van der Waals surface area contributed by atoms with Gasteiger partial charge in [0.05, 0.1) is 4.75 Å². The molecule has 0 N–H and O–H groups in total. The Labute approximate surface area is 72.1 Å². The number of alkyl halides is 1. The molecule has 2 rings (SSSR count). The van der Waals surface area contributed by atoms with E-state index in [4.69, 9.17) is 0 Å². The van der Waals surface area contributed by atoms with Crippen molar-refractivity contribution < 1.29 is 12.8 Å². The van der Waals surface area contributed by atoms with E-state index in [-0.39, 0.29) is 0 Å². The molecule has 12 heavy (non-hydrogen) atoms. The van der Waals surface area contributed by atoms with E-state index in [1.54, 1.807) is 6.92 Å². The molecular formula is C8H13FO2S. The zero-order chi connectivity index (χ0) is 9.04. The quantitative estimate of drug-likeness (QED) is 0.678. The maximum atomic E-state index is 12.5. The molecule has 0 unspecified atom stereocenters. The van der Waals surface area contributed by atoms with Crippen LogP contribution in [0.15, 0.2) is 0 Å². The first-order valence-electron chi connectivity index (χ1n) is 4.28. The van der Waals surface area contributed by atoms with Crippen LogP contribution in [0.3, 0.4) is 0 Å². The second-order valence-corrected chi connectivity index (χ2v) is 7.13. The predicted molar refractivity (Wildman–Crippen MR) is 44.5 cm³/mol. The number of hydrogen-bond donors (Lipinski definition) is 0. The Bertz CT molecular complexity index is 299. The molecule has 2 saturated carbocycles. The summed E-state index contributed by atoms with van der Waals surface area (Å²) >= 11 is 0. The molecule has 0 saturated heterocycles. The fraction of sp³-hybridized carbons (Fsp3) is 1.00. The highest BCUT2D eigenvalue weighted by Gasteiger charge is 2.65. The van der Waals surface area contributed by atoms with E-state index in [1.807, 2.05) is 0 Å². The van der Waals surface area contributed by atoms with Crippen LogP contribution in [0.5, 0.6) is 0 Å². The van der Waals surface area contributed by atoms with Crippen molar-refractivity contribution in [3.8, 4) is 0 Å². The highest BCUT2D eigenvalue weighted by atomic mass is 32.2. The van der Waals surface area contributed by atoms with Crippen molar-refractivity contribution >= 4 is 9.84 Å². The third-order valence-corrected chi connectivity index (χ3v) is 6.59. The van der Waals surface area contributed by atoms with E-state index in [9.17, 15) is 12.8 Å². The van der Waals surface area contributed by atoms with Gasteiger partial charge in [0.2, 0.25) is 0 Å². The van der Waals surface area contributed by atoms with Crippen LogP contribution in [-0.4, -0.2) is 24.6 Å². The lowest BCUT2D eigenvalue weighted by molar-refractivity contribution is 0.453. The third-order valence-electron chi connectivity index (χ3n) is 3.22. The van der Waals surface area contributed by atoms with Crippen LogP contribution in [0.2, 0.25) is 0 Å². The summed E-state index contributed by atoms with van der Waals surface area (Å²) in [5.74, 6) is 0. The van der Waals surface area contributed by atoms with Crippen molar-refractivity contribution in [2.24, 2.45) is 0 Å². The van der Waals surface area contributed by atoms with Gasteiger partial charge < -0.3 is 0 Å². The van der Waals surface area contributed by atoms with Crippen molar-refractivity contribution in [1.82, 2.24) is 0 Å². The van der Waals surface area contributed by atoms with Gasteiger partial charge in [0.1, 0.15) is 11.4 Å². The molecule has 2 aliphatic carbocycles. The maximum Gasteiger partial charge on any atom is 0.163 e. The van der Waals surface area contributed by atoms with Gasteiger partial charge in [-0.05, 0) is 32.6 Å². The minimum Gasteiger partial charge on any atom is -0.249 e. The molecule has 0 bridgehead atoms. The Morgan fingerprint density at radius 2 is 1.75 bits per heavy atom. The summed E-state index contributed by atoms with van der Waals surface area (Å²) < 4.78 is 34.6. The van der Waals surface area contributed by atoms with Gasteiger partial charge in [-0.2, -0.15) is 0 Å². The van der Waals surface area contributed by atoms with Crippen LogP contribution in [0.1, 0.15) is 32.6 Å². The van der Waals surface area contributed by atoms with Crippen molar-refractivity contribution in [2.75, 3.05) is 6.67 Å². The minimum atomic E-state index is -3.18. The standard InChI is InChI=1S/C8H13FO2S/c1-7(2-3-7)12(10,11)8(6-9)4-5-8/h2-6H2,1H3. The fourth-order valence-electron chi connectivity index (χ4n) is 1.58. The van der Waals surface area contributed by atoms with Gasteiger partial charge in [-0.15, -0.1) is 0 Å². The second kappa shape index (κ2) is 2.03. The van der Waals surface area contributed by atoms with Crippen molar-refractivity contribution in [3.63, 3.8) is 0 Å². The van der Waals surface area contributed by atoms with Gasteiger partial charge in [0.25, 0.3) is 0 Å². The van der Waals surface area contributed by atoms with Crippen LogP contribution in [0, 0.1) is 0 Å². The highest BCUT2D eigenvalue weighted by molar-refractivity contribution is 7.94. The van der Waals surface area contributed by atoms with Crippen LogP contribution in [0.4, 0.5) is 4.39 Å². The fourth-order valence-corrected chi connectivity index (χ4v) is 4.05. The van der Waals surface area contributed by atoms with Crippen LogP contribution >= 0.6 is 0 Å². The first-order chi connectivity index (χ1) is 5.47.